The van der Waals surface area contributed by atoms with E-state index in [-0.39, 0.29) is 12.0 Å². The monoisotopic (exact) mass is 274 g/mol. The van der Waals surface area contributed by atoms with E-state index in [1.54, 1.807) is 18.2 Å². The number of ether oxygens (including phenoxy) is 2. The van der Waals surface area contributed by atoms with Gasteiger partial charge in [0.2, 0.25) is 0 Å². The molecule has 0 bridgehead atoms. The molecule has 1 aliphatic carbocycles. The SMILES string of the molecule is CCOc1cc(N)cc(C(=O)OCC2(CC#N)CC2)c1. The Balaban J connectivity index is 2.00. The van der Waals surface area contributed by atoms with Crippen molar-refractivity contribution in [1.29, 1.82) is 5.26 Å². The van der Waals surface area contributed by atoms with Gasteiger partial charge in [-0.3, -0.25) is 0 Å². The first-order valence-electron chi connectivity index (χ1n) is 6.66. The predicted molar refractivity (Wildman–Crippen MR) is 74.2 cm³/mol. The molecule has 1 fully saturated rings. The van der Waals surface area contributed by atoms with Crippen molar-refractivity contribution >= 4 is 11.7 Å². The second-order valence-electron chi connectivity index (χ2n) is 5.13. The number of nitrogens with zero attached hydrogens (tertiary/aromatic N) is 1. The number of esters is 1. The average molecular weight is 274 g/mol. The van der Waals surface area contributed by atoms with Gasteiger partial charge in [0.1, 0.15) is 5.75 Å². The van der Waals surface area contributed by atoms with Crippen molar-refractivity contribution in [3.63, 3.8) is 0 Å². The first kappa shape index (κ1) is 14.2. The minimum absolute atomic E-state index is 0.118. The highest BCUT2D eigenvalue weighted by molar-refractivity contribution is 5.91. The number of anilines is 1. The van der Waals surface area contributed by atoms with Gasteiger partial charge in [0.05, 0.1) is 24.8 Å². The first-order chi connectivity index (χ1) is 9.58. The van der Waals surface area contributed by atoms with Gasteiger partial charge in [-0.2, -0.15) is 5.26 Å². The highest BCUT2D eigenvalue weighted by Gasteiger charge is 2.43. The third kappa shape index (κ3) is 3.41. The summed E-state index contributed by atoms with van der Waals surface area (Å²) in [6.07, 6.45) is 2.31. The Hall–Kier alpha value is -2.22. The normalized spacial score (nSPS) is 15.2. The molecule has 0 aromatic heterocycles. The smallest absolute Gasteiger partial charge is 0.338 e. The standard InChI is InChI=1S/C15H18N2O3/c1-2-19-13-8-11(7-12(17)9-13)14(18)20-10-15(3-4-15)5-6-16/h7-9H,2-5,10,17H2,1H3. The molecule has 0 amide bonds. The molecule has 0 spiro atoms. The van der Waals surface area contributed by atoms with E-state index in [9.17, 15) is 4.79 Å². The Bertz CT molecular complexity index is 545. The number of hydrogen-bond donors (Lipinski definition) is 1. The second-order valence-corrected chi connectivity index (χ2v) is 5.13. The molecule has 0 heterocycles. The molecule has 1 aliphatic rings. The van der Waals surface area contributed by atoms with Gasteiger partial charge in [0.25, 0.3) is 0 Å². The van der Waals surface area contributed by atoms with Crippen molar-refractivity contribution in [2.45, 2.75) is 26.2 Å². The summed E-state index contributed by atoms with van der Waals surface area (Å²) in [5.74, 6) is 0.125. The summed E-state index contributed by atoms with van der Waals surface area (Å²) in [7, 11) is 0. The first-order valence-corrected chi connectivity index (χ1v) is 6.66. The zero-order chi connectivity index (χ0) is 14.6. The summed E-state index contributed by atoms with van der Waals surface area (Å²) in [4.78, 5) is 12.0. The molecule has 2 N–H and O–H groups in total. The fraction of sp³-hybridized carbons (Fsp3) is 0.467. The fourth-order valence-electron chi connectivity index (χ4n) is 2.01. The average Bonchev–Trinajstić information content (AvgIpc) is 3.16. The molecule has 1 aromatic carbocycles. The number of nitrogen functional groups attached to an aromatic ring is 1. The van der Waals surface area contributed by atoms with E-state index in [2.05, 4.69) is 6.07 Å². The maximum atomic E-state index is 12.0. The maximum absolute atomic E-state index is 12.0. The number of benzene rings is 1. The van der Waals surface area contributed by atoms with Gasteiger partial charge in [-0.25, -0.2) is 4.79 Å². The van der Waals surface area contributed by atoms with Gasteiger partial charge in [-0.05, 0) is 31.9 Å². The van der Waals surface area contributed by atoms with Crippen molar-refractivity contribution in [3.05, 3.63) is 23.8 Å². The molecule has 0 atom stereocenters. The van der Waals surface area contributed by atoms with Crippen LogP contribution in [0.5, 0.6) is 5.75 Å². The summed E-state index contributed by atoms with van der Waals surface area (Å²) in [6.45, 7) is 2.65. The molecule has 1 saturated carbocycles. The third-order valence-corrected chi connectivity index (χ3v) is 3.40. The molecule has 106 valence electrons. The Morgan fingerprint density at radius 2 is 2.20 bits per heavy atom. The van der Waals surface area contributed by atoms with Crippen LogP contribution in [0.15, 0.2) is 18.2 Å². The van der Waals surface area contributed by atoms with Gasteiger partial charge in [0.15, 0.2) is 0 Å². The van der Waals surface area contributed by atoms with Crippen molar-refractivity contribution in [2.75, 3.05) is 18.9 Å². The van der Waals surface area contributed by atoms with Gasteiger partial charge in [0, 0.05) is 23.6 Å². The summed E-state index contributed by atoms with van der Waals surface area (Å²) in [6, 6.07) is 6.98. The Morgan fingerprint density at radius 1 is 1.45 bits per heavy atom. The lowest BCUT2D eigenvalue weighted by Crippen LogP contribution is -2.15. The lowest BCUT2D eigenvalue weighted by atomic mass is 10.1. The molecule has 0 unspecified atom stereocenters. The minimum Gasteiger partial charge on any atom is -0.494 e. The van der Waals surface area contributed by atoms with Crippen LogP contribution in [0, 0.1) is 16.7 Å². The minimum atomic E-state index is -0.428. The van der Waals surface area contributed by atoms with Crippen LogP contribution in [0.1, 0.15) is 36.5 Å². The van der Waals surface area contributed by atoms with E-state index in [0.29, 0.717) is 30.0 Å². The van der Waals surface area contributed by atoms with Crippen LogP contribution in [0.25, 0.3) is 0 Å². The van der Waals surface area contributed by atoms with E-state index in [4.69, 9.17) is 20.5 Å². The lowest BCUT2D eigenvalue weighted by molar-refractivity contribution is 0.0419. The lowest BCUT2D eigenvalue weighted by Gasteiger charge is -2.12. The number of nitrogens with two attached hydrogens (primary N) is 1. The highest BCUT2D eigenvalue weighted by atomic mass is 16.5. The molecule has 5 nitrogen and oxygen atoms in total. The van der Waals surface area contributed by atoms with Crippen molar-refractivity contribution in [2.24, 2.45) is 5.41 Å². The molecule has 0 radical (unpaired) electrons. The summed E-state index contributed by atoms with van der Waals surface area (Å²) in [5.41, 5.74) is 6.46. The molecule has 1 aromatic rings. The van der Waals surface area contributed by atoms with Crippen LogP contribution >= 0.6 is 0 Å². The van der Waals surface area contributed by atoms with Crippen LogP contribution in [0.4, 0.5) is 5.69 Å². The van der Waals surface area contributed by atoms with Gasteiger partial charge in [-0.1, -0.05) is 0 Å². The van der Waals surface area contributed by atoms with Crippen molar-refractivity contribution < 1.29 is 14.3 Å². The van der Waals surface area contributed by atoms with Crippen molar-refractivity contribution in [1.82, 2.24) is 0 Å². The molecule has 20 heavy (non-hydrogen) atoms. The van der Waals surface area contributed by atoms with E-state index in [0.717, 1.165) is 12.8 Å². The summed E-state index contributed by atoms with van der Waals surface area (Å²) < 4.78 is 10.6. The molecule has 0 saturated heterocycles. The number of carbonyl (C=O) groups excluding carboxylic acids is 1. The molecular weight excluding hydrogens is 256 g/mol. The quantitative estimate of drug-likeness (QED) is 0.636. The number of carbonyl (C=O) groups is 1. The van der Waals surface area contributed by atoms with E-state index >= 15 is 0 Å². The second kappa shape index (κ2) is 5.83. The number of hydrogen-bond acceptors (Lipinski definition) is 5. The van der Waals surface area contributed by atoms with Crippen LogP contribution < -0.4 is 10.5 Å². The van der Waals surface area contributed by atoms with Crippen LogP contribution in [0.2, 0.25) is 0 Å². The van der Waals surface area contributed by atoms with Crippen molar-refractivity contribution in [3.8, 4) is 11.8 Å². The largest absolute Gasteiger partial charge is 0.494 e. The van der Waals surface area contributed by atoms with Crippen LogP contribution in [0.3, 0.4) is 0 Å². The zero-order valence-electron chi connectivity index (χ0n) is 11.5. The molecular formula is C15H18N2O3. The van der Waals surface area contributed by atoms with Crippen LogP contribution in [-0.2, 0) is 4.74 Å². The number of rotatable bonds is 6. The Kier molecular flexibility index (Phi) is 4.14. The van der Waals surface area contributed by atoms with E-state index in [1.165, 1.54) is 0 Å². The molecule has 2 rings (SSSR count). The highest BCUT2D eigenvalue weighted by Crippen LogP contribution is 2.48. The van der Waals surface area contributed by atoms with Gasteiger partial charge >= 0.3 is 5.97 Å². The number of nitriles is 1. The van der Waals surface area contributed by atoms with Gasteiger partial charge in [-0.15, -0.1) is 0 Å². The maximum Gasteiger partial charge on any atom is 0.338 e. The van der Waals surface area contributed by atoms with Crippen LogP contribution in [-0.4, -0.2) is 19.2 Å². The molecule has 0 aliphatic heterocycles. The molecule has 5 heteroatoms. The third-order valence-electron chi connectivity index (χ3n) is 3.40. The summed E-state index contributed by atoms with van der Waals surface area (Å²) >= 11 is 0. The Morgan fingerprint density at radius 3 is 2.80 bits per heavy atom. The van der Waals surface area contributed by atoms with E-state index < -0.39 is 5.97 Å². The topological polar surface area (TPSA) is 85.3 Å². The van der Waals surface area contributed by atoms with Gasteiger partial charge < -0.3 is 15.2 Å². The zero-order valence-corrected chi connectivity index (χ0v) is 11.5. The van der Waals surface area contributed by atoms with E-state index in [1.807, 2.05) is 6.92 Å². The Labute approximate surface area is 118 Å². The predicted octanol–water partition coefficient (Wildman–Crippen LogP) is 2.52. The summed E-state index contributed by atoms with van der Waals surface area (Å²) in [5, 5.41) is 8.73. The fourth-order valence-corrected chi connectivity index (χ4v) is 2.01.